The number of fused-ring (bicyclic) bond motifs is 1. The second-order valence-electron chi connectivity index (χ2n) is 5.62. The number of thiazole rings is 1. The highest BCUT2D eigenvalue weighted by Gasteiger charge is 2.14. The molecular formula is C19H19N3O4S. The first-order valence-corrected chi connectivity index (χ1v) is 9.09. The third-order valence-corrected chi connectivity index (χ3v) is 4.80. The van der Waals surface area contributed by atoms with E-state index in [1.54, 1.807) is 44.4 Å². The highest BCUT2D eigenvalue weighted by Crippen LogP contribution is 2.30. The molecule has 0 spiro atoms. The number of hydrogen-bond acceptors (Lipinski definition) is 6. The summed E-state index contributed by atoms with van der Waals surface area (Å²) in [4.78, 5) is 28.5. The fourth-order valence-corrected chi connectivity index (χ4v) is 3.37. The maximum Gasteiger partial charge on any atom is 0.259 e. The minimum absolute atomic E-state index is 0.0887. The van der Waals surface area contributed by atoms with E-state index in [1.807, 2.05) is 6.07 Å². The maximum absolute atomic E-state index is 12.6. The Morgan fingerprint density at radius 2 is 1.89 bits per heavy atom. The summed E-state index contributed by atoms with van der Waals surface area (Å²) in [6.07, 6.45) is 0.390. The number of methoxy groups -OCH3 is 2. The molecule has 2 aromatic carbocycles. The normalized spacial score (nSPS) is 10.5. The zero-order valence-corrected chi connectivity index (χ0v) is 16.0. The zero-order valence-electron chi connectivity index (χ0n) is 15.2. The van der Waals surface area contributed by atoms with Gasteiger partial charge in [0.2, 0.25) is 5.91 Å². The predicted molar refractivity (Wildman–Crippen MR) is 106 cm³/mol. The molecule has 0 radical (unpaired) electrons. The van der Waals surface area contributed by atoms with E-state index in [1.165, 1.54) is 18.4 Å². The van der Waals surface area contributed by atoms with Gasteiger partial charge in [-0.2, -0.15) is 0 Å². The van der Waals surface area contributed by atoms with Crippen LogP contribution < -0.4 is 20.1 Å². The standard InChI is InChI=1S/C19H19N3O4S/c1-4-17(23)22-19-21-14-8-5-11(9-16(14)27-19)20-18(24)13-7-6-12(25-2)10-15(13)26-3/h5-10H,4H2,1-3H3,(H,20,24)(H,21,22,23). The van der Waals surface area contributed by atoms with Gasteiger partial charge in [0.15, 0.2) is 5.13 Å². The number of hydrogen-bond donors (Lipinski definition) is 2. The van der Waals surface area contributed by atoms with Crippen LogP contribution in [0.5, 0.6) is 11.5 Å². The summed E-state index contributed by atoms with van der Waals surface area (Å²) in [5.74, 6) is 0.651. The Morgan fingerprint density at radius 3 is 2.59 bits per heavy atom. The summed E-state index contributed by atoms with van der Waals surface area (Å²) >= 11 is 1.36. The van der Waals surface area contributed by atoms with Gasteiger partial charge in [-0.05, 0) is 30.3 Å². The Morgan fingerprint density at radius 1 is 1.07 bits per heavy atom. The van der Waals surface area contributed by atoms with Gasteiger partial charge in [0, 0.05) is 18.2 Å². The van der Waals surface area contributed by atoms with E-state index in [2.05, 4.69) is 15.6 Å². The molecule has 0 atom stereocenters. The molecule has 0 saturated heterocycles. The smallest absolute Gasteiger partial charge is 0.259 e. The fourth-order valence-electron chi connectivity index (χ4n) is 2.45. The van der Waals surface area contributed by atoms with Crippen molar-refractivity contribution in [2.24, 2.45) is 0 Å². The van der Waals surface area contributed by atoms with Gasteiger partial charge < -0.3 is 20.1 Å². The molecule has 27 heavy (non-hydrogen) atoms. The lowest BCUT2D eigenvalue weighted by Gasteiger charge is -2.10. The van der Waals surface area contributed by atoms with Crippen molar-refractivity contribution in [2.75, 3.05) is 24.9 Å². The highest BCUT2D eigenvalue weighted by molar-refractivity contribution is 7.22. The molecule has 0 bridgehead atoms. The number of nitrogens with zero attached hydrogens (tertiary/aromatic N) is 1. The van der Waals surface area contributed by atoms with Gasteiger partial charge in [-0.25, -0.2) is 4.98 Å². The lowest BCUT2D eigenvalue weighted by Crippen LogP contribution is -2.13. The van der Waals surface area contributed by atoms with Crippen LogP contribution in [0.25, 0.3) is 10.2 Å². The number of carbonyl (C=O) groups is 2. The summed E-state index contributed by atoms with van der Waals surface area (Å²) in [6.45, 7) is 1.78. The molecule has 1 aromatic heterocycles. The van der Waals surface area contributed by atoms with Crippen molar-refractivity contribution in [1.29, 1.82) is 0 Å². The maximum atomic E-state index is 12.6. The molecule has 1 heterocycles. The van der Waals surface area contributed by atoms with Crippen LogP contribution in [0.4, 0.5) is 10.8 Å². The Kier molecular flexibility index (Phi) is 5.56. The van der Waals surface area contributed by atoms with Crippen LogP contribution in [0, 0.1) is 0 Å². The van der Waals surface area contributed by atoms with Crippen LogP contribution in [0.1, 0.15) is 23.7 Å². The Labute approximate surface area is 160 Å². The second kappa shape index (κ2) is 8.05. The van der Waals surface area contributed by atoms with Gasteiger partial charge in [0.05, 0.1) is 30.0 Å². The second-order valence-corrected chi connectivity index (χ2v) is 6.65. The number of rotatable bonds is 6. The summed E-state index contributed by atoms with van der Waals surface area (Å²) in [5, 5.41) is 6.14. The molecule has 0 unspecified atom stereocenters. The Hall–Kier alpha value is -3.13. The SMILES string of the molecule is CCC(=O)Nc1nc2ccc(NC(=O)c3ccc(OC)cc3OC)cc2s1. The van der Waals surface area contributed by atoms with Crippen LogP contribution in [0.15, 0.2) is 36.4 Å². The number of anilines is 2. The largest absolute Gasteiger partial charge is 0.497 e. The Bertz CT molecular complexity index is 1000. The number of ether oxygens (including phenoxy) is 2. The van der Waals surface area contributed by atoms with Crippen molar-refractivity contribution in [3.05, 3.63) is 42.0 Å². The van der Waals surface area contributed by atoms with Crippen molar-refractivity contribution in [1.82, 2.24) is 4.98 Å². The Balaban J connectivity index is 1.81. The molecule has 2 N–H and O–H groups in total. The van der Waals surface area contributed by atoms with Crippen LogP contribution in [0.2, 0.25) is 0 Å². The first kappa shape index (κ1) is 18.7. The molecule has 2 amide bonds. The predicted octanol–water partition coefficient (Wildman–Crippen LogP) is 3.91. The van der Waals surface area contributed by atoms with Crippen LogP contribution in [-0.2, 0) is 4.79 Å². The number of carbonyl (C=O) groups excluding carboxylic acids is 2. The third kappa shape index (κ3) is 4.17. The van der Waals surface area contributed by atoms with Crippen molar-refractivity contribution < 1.29 is 19.1 Å². The molecule has 0 saturated carbocycles. The fraction of sp³-hybridized carbons (Fsp3) is 0.211. The van der Waals surface area contributed by atoms with Crippen LogP contribution >= 0.6 is 11.3 Å². The number of benzene rings is 2. The van der Waals surface area contributed by atoms with E-state index >= 15 is 0 Å². The topological polar surface area (TPSA) is 89.6 Å². The van der Waals surface area contributed by atoms with Crippen molar-refractivity contribution >= 4 is 44.2 Å². The van der Waals surface area contributed by atoms with Crippen LogP contribution in [0.3, 0.4) is 0 Å². The van der Waals surface area contributed by atoms with Crippen LogP contribution in [-0.4, -0.2) is 31.0 Å². The summed E-state index contributed by atoms with van der Waals surface area (Å²) < 4.78 is 11.3. The average molecular weight is 385 g/mol. The van der Waals surface area contributed by atoms with Crippen molar-refractivity contribution in [3.63, 3.8) is 0 Å². The van der Waals surface area contributed by atoms with E-state index in [4.69, 9.17) is 9.47 Å². The van der Waals surface area contributed by atoms with Gasteiger partial charge in [-0.3, -0.25) is 9.59 Å². The van der Waals surface area contributed by atoms with Crippen molar-refractivity contribution in [2.45, 2.75) is 13.3 Å². The minimum atomic E-state index is -0.294. The first-order valence-electron chi connectivity index (χ1n) is 8.28. The van der Waals surface area contributed by atoms with Gasteiger partial charge in [0.25, 0.3) is 5.91 Å². The molecule has 0 aliphatic heterocycles. The summed E-state index contributed by atoms with van der Waals surface area (Å²) in [6, 6.07) is 10.4. The van der Waals surface area contributed by atoms with E-state index in [-0.39, 0.29) is 11.8 Å². The first-order chi connectivity index (χ1) is 13.0. The minimum Gasteiger partial charge on any atom is -0.497 e. The summed E-state index contributed by atoms with van der Waals surface area (Å²) in [5.41, 5.74) is 1.78. The quantitative estimate of drug-likeness (QED) is 0.671. The molecule has 0 aliphatic carbocycles. The van der Waals surface area contributed by atoms with E-state index < -0.39 is 0 Å². The number of nitrogens with one attached hydrogen (secondary N) is 2. The van der Waals surface area contributed by atoms with E-state index in [9.17, 15) is 9.59 Å². The zero-order chi connectivity index (χ0) is 19.4. The van der Waals surface area contributed by atoms with Gasteiger partial charge in [-0.1, -0.05) is 18.3 Å². The number of amides is 2. The highest BCUT2D eigenvalue weighted by atomic mass is 32.1. The molecule has 8 heteroatoms. The molecule has 140 valence electrons. The molecular weight excluding hydrogens is 366 g/mol. The van der Waals surface area contributed by atoms with Gasteiger partial charge in [-0.15, -0.1) is 0 Å². The molecule has 3 aromatic rings. The molecule has 3 rings (SSSR count). The van der Waals surface area contributed by atoms with E-state index in [0.717, 1.165) is 10.2 Å². The number of aromatic nitrogens is 1. The van der Waals surface area contributed by atoms with E-state index in [0.29, 0.717) is 34.3 Å². The third-order valence-electron chi connectivity index (χ3n) is 3.87. The van der Waals surface area contributed by atoms with Gasteiger partial charge in [0.1, 0.15) is 11.5 Å². The lowest BCUT2D eigenvalue weighted by atomic mass is 10.1. The monoisotopic (exact) mass is 385 g/mol. The lowest BCUT2D eigenvalue weighted by molar-refractivity contribution is -0.115. The molecule has 0 aliphatic rings. The molecule has 0 fully saturated rings. The van der Waals surface area contributed by atoms with Crippen molar-refractivity contribution in [3.8, 4) is 11.5 Å². The van der Waals surface area contributed by atoms with Gasteiger partial charge >= 0.3 is 0 Å². The average Bonchev–Trinajstić information content (AvgIpc) is 3.08. The summed E-state index contributed by atoms with van der Waals surface area (Å²) in [7, 11) is 3.05. The molecule has 7 nitrogen and oxygen atoms in total.